The van der Waals surface area contributed by atoms with Crippen LogP contribution in [-0.2, 0) is 6.42 Å². The summed E-state index contributed by atoms with van der Waals surface area (Å²) in [6.07, 6.45) is 2.15. The average molecular weight is 275 g/mol. The summed E-state index contributed by atoms with van der Waals surface area (Å²) in [5.74, 6) is 0. The molecule has 0 atom stereocenters. The molecule has 4 heteroatoms. The summed E-state index contributed by atoms with van der Waals surface area (Å²) >= 11 is 11.8. The van der Waals surface area contributed by atoms with E-state index in [0.29, 0.717) is 10.0 Å². The molecule has 0 aromatic heterocycles. The maximum absolute atomic E-state index is 5.95. The number of hydrogen-bond donors (Lipinski definition) is 2. The van der Waals surface area contributed by atoms with Gasteiger partial charge < -0.3 is 10.6 Å². The van der Waals surface area contributed by atoms with Crippen LogP contribution in [0.25, 0.3) is 0 Å². The molecular formula is C13H20Cl2N2. The first-order valence-electron chi connectivity index (χ1n) is 6.09. The van der Waals surface area contributed by atoms with Gasteiger partial charge in [0.05, 0.1) is 10.0 Å². The summed E-state index contributed by atoms with van der Waals surface area (Å²) in [6, 6.07) is 5.81. The monoisotopic (exact) mass is 274 g/mol. The average Bonchev–Trinajstić information content (AvgIpc) is 2.32. The largest absolute Gasteiger partial charge is 0.317 e. The highest BCUT2D eigenvalue weighted by atomic mass is 35.5. The molecule has 0 heterocycles. The first kappa shape index (κ1) is 14.8. The predicted octanol–water partition coefficient (Wildman–Crippen LogP) is 3.13. The Hall–Kier alpha value is -0.280. The van der Waals surface area contributed by atoms with Gasteiger partial charge in [-0.3, -0.25) is 0 Å². The highest BCUT2D eigenvalue weighted by Gasteiger charge is 1.99. The van der Waals surface area contributed by atoms with Gasteiger partial charge in [-0.25, -0.2) is 0 Å². The van der Waals surface area contributed by atoms with Crippen LogP contribution in [0.3, 0.4) is 0 Å². The molecule has 96 valence electrons. The van der Waals surface area contributed by atoms with Gasteiger partial charge in [0.1, 0.15) is 0 Å². The summed E-state index contributed by atoms with van der Waals surface area (Å²) in [5.41, 5.74) is 1.22. The van der Waals surface area contributed by atoms with Crippen LogP contribution in [-0.4, -0.2) is 26.2 Å². The molecule has 0 spiro atoms. The molecule has 0 amide bonds. The predicted molar refractivity (Wildman–Crippen MR) is 76.2 cm³/mol. The standard InChI is InChI=1S/C13H20Cl2N2/c1-2-16-7-3-8-17-9-6-11-4-5-12(14)13(15)10-11/h4-5,10,16-17H,2-3,6-9H2,1H3. The molecule has 2 nitrogen and oxygen atoms in total. The van der Waals surface area contributed by atoms with Crippen molar-refractivity contribution in [2.75, 3.05) is 26.2 Å². The Kier molecular flexibility index (Phi) is 7.62. The molecule has 17 heavy (non-hydrogen) atoms. The molecule has 1 aromatic carbocycles. The van der Waals surface area contributed by atoms with Crippen LogP contribution in [0.4, 0.5) is 0 Å². The minimum Gasteiger partial charge on any atom is -0.317 e. The van der Waals surface area contributed by atoms with Crippen LogP contribution in [0.1, 0.15) is 18.9 Å². The Balaban J connectivity index is 2.11. The molecule has 0 aliphatic rings. The van der Waals surface area contributed by atoms with Gasteiger partial charge in [-0.1, -0.05) is 36.2 Å². The number of hydrogen-bond acceptors (Lipinski definition) is 2. The molecule has 0 aliphatic carbocycles. The smallest absolute Gasteiger partial charge is 0.0595 e. The lowest BCUT2D eigenvalue weighted by Gasteiger charge is -2.06. The Morgan fingerprint density at radius 1 is 1.00 bits per heavy atom. The van der Waals surface area contributed by atoms with Crippen molar-refractivity contribution in [3.63, 3.8) is 0 Å². The van der Waals surface area contributed by atoms with Crippen molar-refractivity contribution in [2.45, 2.75) is 19.8 Å². The van der Waals surface area contributed by atoms with Gasteiger partial charge in [0.25, 0.3) is 0 Å². The lowest BCUT2D eigenvalue weighted by Crippen LogP contribution is -2.23. The first-order valence-corrected chi connectivity index (χ1v) is 6.85. The molecule has 0 bridgehead atoms. The van der Waals surface area contributed by atoms with Crippen molar-refractivity contribution >= 4 is 23.2 Å². The van der Waals surface area contributed by atoms with E-state index in [4.69, 9.17) is 23.2 Å². The minimum atomic E-state index is 0.619. The number of halogens is 2. The first-order chi connectivity index (χ1) is 8.24. The van der Waals surface area contributed by atoms with Gasteiger partial charge in [0, 0.05) is 0 Å². The zero-order valence-corrected chi connectivity index (χ0v) is 11.7. The zero-order chi connectivity index (χ0) is 12.5. The molecule has 0 radical (unpaired) electrons. The third-order valence-corrected chi connectivity index (χ3v) is 3.27. The molecule has 0 saturated carbocycles. The van der Waals surface area contributed by atoms with E-state index >= 15 is 0 Å². The lowest BCUT2D eigenvalue weighted by atomic mass is 10.1. The highest BCUT2D eigenvalue weighted by Crippen LogP contribution is 2.22. The van der Waals surface area contributed by atoms with Gasteiger partial charge in [0.15, 0.2) is 0 Å². The van der Waals surface area contributed by atoms with Gasteiger partial charge >= 0.3 is 0 Å². The molecule has 0 saturated heterocycles. The van der Waals surface area contributed by atoms with Crippen LogP contribution in [0.5, 0.6) is 0 Å². The Labute approximate surface area is 114 Å². The fraction of sp³-hybridized carbons (Fsp3) is 0.538. The van der Waals surface area contributed by atoms with E-state index in [1.54, 1.807) is 0 Å². The number of nitrogens with one attached hydrogen (secondary N) is 2. The third-order valence-electron chi connectivity index (χ3n) is 2.53. The Morgan fingerprint density at radius 2 is 1.76 bits per heavy atom. The van der Waals surface area contributed by atoms with Crippen molar-refractivity contribution in [2.24, 2.45) is 0 Å². The van der Waals surface area contributed by atoms with Crippen LogP contribution in [0.2, 0.25) is 10.0 Å². The number of benzene rings is 1. The molecule has 1 rings (SSSR count). The highest BCUT2D eigenvalue weighted by molar-refractivity contribution is 6.42. The Bertz CT molecular complexity index is 329. The zero-order valence-electron chi connectivity index (χ0n) is 10.2. The van der Waals surface area contributed by atoms with Crippen LogP contribution >= 0.6 is 23.2 Å². The van der Waals surface area contributed by atoms with Crippen molar-refractivity contribution < 1.29 is 0 Å². The maximum Gasteiger partial charge on any atom is 0.0595 e. The fourth-order valence-electron chi connectivity index (χ4n) is 1.57. The van der Waals surface area contributed by atoms with E-state index in [9.17, 15) is 0 Å². The minimum absolute atomic E-state index is 0.619. The van der Waals surface area contributed by atoms with Crippen LogP contribution < -0.4 is 10.6 Å². The van der Waals surface area contributed by atoms with Crippen molar-refractivity contribution in [1.29, 1.82) is 0 Å². The molecule has 2 N–H and O–H groups in total. The van der Waals surface area contributed by atoms with E-state index in [2.05, 4.69) is 17.6 Å². The second-order valence-corrected chi connectivity index (χ2v) is 4.77. The fourth-order valence-corrected chi connectivity index (χ4v) is 1.89. The van der Waals surface area contributed by atoms with Gasteiger partial charge in [-0.05, 0) is 56.7 Å². The second kappa shape index (κ2) is 8.76. The molecule has 0 unspecified atom stereocenters. The van der Waals surface area contributed by atoms with Gasteiger partial charge in [0.2, 0.25) is 0 Å². The maximum atomic E-state index is 5.95. The summed E-state index contributed by atoms with van der Waals surface area (Å²) in [7, 11) is 0. The molecular weight excluding hydrogens is 255 g/mol. The Morgan fingerprint density at radius 3 is 2.47 bits per heavy atom. The third kappa shape index (κ3) is 6.27. The van der Waals surface area contributed by atoms with Crippen molar-refractivity contribution in [3.8, 4) is 0 Å². The van der Waals surface area contributed by atoms with E-state index in [1.165, 1.54) is 5.56 Å². The SMILES string of the molecule is CCNCCCNCCc1ccc(Cl)c(Cl)c1. The normalized spacial score (nSPS) is 10.8. The van der Waals surface area contributed by atoms with Crippen LogP contribution in [0.15, 0.2) is 18.2 Å². The van der Waals surface area contributed by atoms with Crippen molar-refractivity contribution in [1.82, 2.24) is 10.6 Å². The molecule has 0 fully saturated rings. The second-order valence-electron chi connectivity index (χ2n) is 3.96. The van der Waals surface area contributed by atoms with E-state index in [-0.39, 0.29) is 0 Å². The van der Waals surface area contributed by atoms with E-state index in [1.807, 2.05) is 18.2 Å². The van der Waals surface area contributed by atoms with E-state index < -0.39 is 0 Å². The summed E-state index contributed by atoms with van der Waals surface area (Å²) in [6.45, 7) is 6.27. The van der Waals surface area contributed by atoms with Crippen LogP contribution in [0, 0.1) is 0 Å². The summed E-state index contributed by atoms with van der Waals surface area (Å²) in [4.78, 5) is 0. The molecule has 0 aliphatic heterocycles. The summed E-state index contributed by atoms with van der Waals surface area (Å²) < 4.78 is 0. The topological polar surface area (TPSA) is 24.1 Å². The quantitative estimate of drug-likeness (QED) is 0.712. The van der Waals surface area contributed by atoms with Gasteiger partial charge in [-0.15, -0.1) is 0 Å². The lowest BCUT2D eigenvalue weighted by molar-refractivity contribution is 0.606. The number of rotatable bonds is 8. The molecule has 1 aromatic rings. The van der Waals surface area contributed by atoms with Gasteiger partial charge in [-0.2, -0.15) is 0 Å². The van der Waals surface area contributed by atoms with E-state index in [0.717, 1.165) is 39.0 Å². The summed E-state index contributed by atoms with van der Waals surface area (Å²) in [5, 5.41) is 7.96. The van der Waals surface area contributed by atoms with Crippen molar-refractivity contribution in [3.05, 3.63) is 33.8 Å².